The predicted molar refractivity (Wildman–Crippen MR) is 88.0 cm³/mol. The lowest BCUT2D eigenvalue weighted by Gasteiger charge is -2.24. The molecule has 0 radical (unpaired) electrons. The number of carbonyl (C=O) groups is 2. The molecule has 0 bridgehead atoms. The third-order valence-electron chi connectivity index (χ3n) is 3.55. The molecule has 22 heavy (non-hydrogen) atoms. The quantitative estimate of drug-likeness (QED) is 0.820. The Morgan fingerprint density at radius 3 is 2.23 bits per heavy atom. The number of nitrogens with zero attached hydrogens (tertiary/aromatic N) is 1. The summed E-state index contributed by atoms with van der Waals surface area (Å²) in [4.78, 5) is 25.0. The van der Waals surface area contributed by atoms with E-state index < -0.39 is 11.9 Å². The Labute approximate surface area is 132 Å². The first kappa shape index (κ1) is 18.0. The van der Waals surface area contributed by atoms with Crippen LogP contribution in [0.4, 0.5) is 0 Å². The fraction of sp³-hybridized carbons (Fsp3) is 0.444. The fourth-order valence-corrected chi connectivity index (χ4v) is 2.10. The van der Waals surface area contributed by atoms with E-state index in [-0.39, 0.29) is 17.9 Å². The maximum Gasteiger partial charge on any atom is 0.308 e. The van der Waals surface area contributed by atoms with Crippen LogP contribution in [0.15, 0.2) is 36.9 Å². The van der Waals surface area contributed by atoms with Crippen LogP contribution in [0, 0.1) is 5.92 Å². The zero-order chi connectivity index (χ0) is 16.9. The molecule has 1 atom stereocenters. The molecule has 0 fully saturated rings. The summed E-state index contributed by atoms with van der Waals surface area (Å²) in [6, 6.07) is 7.48. The third-order valence-corrected chi connectivity index (χ3v) is 3.55. The van der Waals surface area contributed by atoms with Crippen LogP contribution in [0.1, 0.15) is 43.6 Å². The lowest BCUT2D eigenvalue weighted by molar-refractivity contribution is -0.141. The SMILES string of the molecule is C=CCN(CC(C)C(=O)O)C(=O)c1ccc(C(C)(C)C)cc1. The number of hydrogen-bond donors (Lipinski definition) is 1. The lowest BCUT2D eigenvalue weighted by Crippen LogP contribution is -2.37. The number of amides is 1. The summed E-state index contributed by atoms with van der Waals surface area (Å²) >= 11 is 0. The van der Waals surface area contributed by atoms with Gasteiger partial charge in [0.2, 0.25) is 0 Å². The van der Waals surface area contributed by atoms with Gasteiger partial charge in [0.05, 0.1) is 5.92 Å². The molecule has 0 spiro atoms. The van der Waals surface area contributed by atoms with Crippen molar-refractivity contribution in [3.63, 3.8) is 0 Å². The van der Waals surface area contributed by atoms with Crippen LogP contribution in [0.2, 0.25) is 0 Å². The van der Waals surface area contributed by atoms with Crippen molar-refractivity contribution in [1.29, 1.82) is 0 Å². The highest BCUT2D eigenvalue weighted by molar-refractivity contribution is 5.94. The highest BCUT2D eigenvalue weighted by atomic mass is 16.4. The molecule has 0 aromatic heterocycles. The van der Waals surface area contributed by atoms with Crippen LogP contribution < -0.4 is 0 Å². The molecule has 120 valence electrons. The Balaban J connectivity index is 2.94. The molecular weight excluding hydrogens is 278 g/mol. The Bertz CT molecular complexity index is 540. The number of carboxylic acids is 1. The monoisotopic (exact) mass is 303 g/mol. The number of benzene rings is 1. The van der Waals surface area contributed by atoms with Gasteiger partial charge in [0.25, 0.3) is 5.91 Å². The number of carbonyl (C=O) groups excluding carboxylic acids is 1. The van der Waals surface area contributed by atoms with E-state index in [2.05, 4.69) is 27.4 Å². The number of hydrogen-bond acceptors (Lipinski definition) is 2. The minimum absolute atomic E-state index is 0.0280. The largest absolute Gasteiger partial charge is 0.481 e. The topological polar surface area (TPSA) is 57.6 Å². The molecule has 1 aromatic rings. The Morgan fingerprint density at radius 1 is 1.27 bits per heavy atom. The van der Waals surface area contributed by atoms with E-state index in [1.54, 1.807) is 25.1 Å². The van der Waals surface area contributed by atoms with Crippen molar-refractivity contribution in [2.75, 3.05) is 13.1 Å². The van der Waals surface area contributed by atoms with Crippen molar-refractivity contribution in [1.82, 2.24) is 4.90 Å². The standard InChI is InChI=1S/C18H25NO3/c1-6-11-19(12-13(2)17(21)22)16(20)14-7-9-15(10-8-14)18(3,4)5/h6-10,13H,1,11-12H2,2-5H3,(H,21,22). The maximum atomic E-state index is 12.5. The third kappa shape index (κ3) is 4.72. The Morgan fingerprint density at radius 2 is 1.82 bits per heavy atom. The van der Waals surface area contributed by atoms with Crippen molar-refractivity contribution in [3.8, 4) is 0 Å². The van der Waals surface area contributed by atoms with Crippen LogP contribution in [-0.4, -0.2) is 35.0 Å². The predicted octanol–water partition coefficient (Wildman–Crippen LogP) is 3.33. The van der Waals surface area contributed by atoms with Gasteiger partial charge in [-0.1, -0.05) is 45.9 Å². The summed E-state index contributed by atoms with van der Waals surface area (Å²) in [6.45, 7) is 12.1. The minimum Gasteiger partial charge on any atom is -0.481 e. The van der Waals surface area contributed by atoms with Crippen LogP contribution in [-0.2, 0) is 10.2 Å². The summed E-state index contributed by atoms with van der Waals surface area (Å²) in [5.41, 5.74) is 1.74. The van der Waals surface area contributed by atoms with Crippen LogP contribution >= 0.6 is 0 Å². The van der Waals surface area contributed by atoms with Gasteiger partial charge in [-0.3, -0.25) is 9.59 Å². The van der Waals surface area contributed by atoms with Crippen LogP contribution in [0.5, 0.6) is 0 Å². The van der Waals surface area contributed by atoms with E-state index in [4.69, 9.17) is 5.11 Å². The molecule has 1 amide bonds. The van der Waals surface area contributed by atoms with Gasteiger partial charge in [-0.05, 0) is 23.1 Å². The van der Waals surface area contributed by atoms with Crippen molar-refractivity contribution in [2.45, 2.75) is 33.1 Å². The van der Waals surface area contributed by atoms with Gasteiger partial charge in [0.1, 0.15) is 0 Å². The first-order valence-electron chi connectivity index (χ1n) is 7.40. The van der Waals surface area contributed by atoms with Gasteiger partial charge in [-0.25, -0.2) is 0 Å². The fourth-order valence-electron chi connectivity index (χ4n) is 2.10. The van der Waals surface area contributed by atoms with Gasteiger partial charge in [0.15, 0.2) is 0 Å². The van der Waals surface area contributed by atoms with Crippen molar-refractivity contribution in [2.24, 2.45) is 5.92 Å². The van der Waals surface area contributed by atoms with Gasteiger partial charge in [-0.2, -0.15) is 0 Å². The summed E-state index contributed by atoms with van der Waals surface area (Å²) in [5.74, 6) is -1.70. The Hall–Kier alpha value is -2.10. The van der Waals surface area contributed by atoms with E-state index in [1.165, 1.54) is 4.90 Å². The molecule has 4 nitrogen and oxygen atoms in total. The van der Waals surface area contributed by atoms with E-state index in [0.29, 0.717) is 12.1 Å². The maximum absolute atomic E-state index is 12.5. The molecule has 1 N–H and O–H groups in total. The van der Waals surface area contributed by atoms with Crippen LogP contribution in [0.25, 0.3) is 0 Å². The molecule has 0 aliphatic rings. The molecule has 1 unspecified atom stereocenters. The second kappa shape index (κ2) is 7.25. The number of carboxylic acid groups (broad SMARTS) is 1. The highest BCUT2D eigenvalue weighted by Gasteiger charge is 2.21. The summed E-state index contributed by atoms with van der Waals surface area (Å²) in [6.07, 6.45) is 1.61. The number of aliphatic carboxylic acids is 1. The first-order chi connectivity index (χ1) is 10.2. The highest BCUT2D eigenvalue weighted by Crippen LogP contribution is 2.22. The zero-order valence-corrected chi connectivity index (χ0v) is 13.8. The van der Waals surface area contributed by atoms with E-state index in [0.717, 1.165) is 5.56 Å². The molecule has 0 aliphatic carbocycles. The molecule has 0 saturated carbocycles. The van der Waals surface area contributed by atoms with Crippen LogP contribution in [0.3, 0.4) is 0 Å². The summed E-state index contributed by atoms with van der Waals surface area (Å²) in [7, 11) is 0. The van der Waals surface area contributed by atoms with Gasteiger partial charge in [0, 0.05) is 18.7 Å². The normalized spacial score (nSPS) is 12.5. The van der Waals surface area contributed by atoms with Crippen molar-refractivity contribution < 1.29 is 14.7 Å². The van der Waals surface area contributed by atoms with Crippen molar-refractivity contribution >= 4 is 11.9 Å². The molecule has 0 heterocycles. The molecular formula is C18H25NO3. The minimum atomic E-state index is -0.912. The zero-order valence-electron chi connectivity index (χ0n) is 13.8. The van der Waals surface area contributed by atoms with Gasteiger partial charge < -0.3 is 10.0 Å². The van der Waals surface area contributed by atoms with E-state index >= 15 is 0 Å². The van der Waals surface area contributed by atoms with E-state index in [9.17, 15) is 9.59 Å². The smallest absolute Gasteiger partial charge is 0.308 e. The van der Waals surface area contributed by atoms with Crippen molar-refractivity contribution in [3.05, 3.63) is 48.0 Å². The molecule has 0 aliphatic heterocycles. The average Bonchev–Trinajstić information content (AvgIpc) is 2.45. The molecule has 1 aromatic carbocycles. The molecule has 0 saturated heterocycles. The second-order valence-electron chi connectivity index (χ2n) is 6.57. The average molecular weight is 303 g/mol. The summed E-state index contributed by atoms with van der Waals surface area (Å²) in [5, 5.41) is 9.01. The van der Waals surface area contributed by atoms with Gasteiger partial charge in [-0.15, -0.1) is 6.58 Å². The first-order valence-corrected chi connectivity index (χ1v) is 7.40. The molecule has 4 heteroatoms. The molecule has 1 rings (SSSR count). The summed E-state index contributed by atoms with van der Waals surface area (Å²) < 4.78 is 0. The number of rotatable bonds is 6. The van der Waals surface area contributed by atoms with E-state index in [1.807, 2.05) is 12.1 Å². The van der Waals surface area contributed by atoms with Gasteiger partial charge >= 0.3 is 5.97 Å². The Kier molecular flexibility index (Phi) is 5.92. The lowest BCUT2D eigenvalue weighted by atomic mass is 9.86. The second-order valence-corrected chi connectivity index (χ2v) is 6.57.